The number of pyridine rings is 1. The van der Waals surface area contributed by atoms with Gasteiger partial charge in [-0.3, -0.25) is 9.48 Å². The van der Waals surface area contributed by atoms with E-state index >= 15 is 4.39 Å². The van der Waals surface area contributed by atoms with Crippen molar-refractivity contribution in [1.29, 1.82) is 0 Å². The Bertz CT molecular complexity index is 2030. The molecule has 46 heavy (non-hydrogen) atoms. The first-order valence-corrected chi connectivity index (χ1v) is 14.8. The van der Waals surface area contributed by atoms with E-state index < -0.39 is 11.9 Å². The van der Waals surface area contributed by atoms with Gasteiger partial charge in [-0.2, -0.15) is 14.5 Å². The molecule has 0 saturated carbocycles. The topological polar surface area (TPSA) is 117 Å². The second-order valence-corrected chi connectivity index (χ2v) is 11.4. The summed E-state index contributed by atoms with van der Waals surface area (Å²) in [5, 5.41) is 32.3. The van der Waals surface area contributed by atoms with Crippen molar-refractivity contribution in [3.05, 3.63) is 136 Å². The summed E-state index contributed by atoms with van der Waals surface area (Å²) in [6.45, 7) is 0. The molecule has 3 aromatic carbocycles. The van der Waals surface area contributed by atoms with Crippen molar-refractivity contribution in [2.75, 3.05) is 0 Å². The molecule has 3 aromatic heterocycles. The van der Waals surface area contributed by atoms with Gasteiger partial charge in [0.05, 0.1) is 34.1 Å². The summed E-state index contributed by atoms with van der Waals surface area (Å²) in [5.74, 6) is -1.03. The molecule has 0 aliphatic carbocycles. The quantitative estimate of drug-likeness (QED) is 0.173. The molecule has 4 heterocycles. The Balaban J connectivity index is 1.25. The van der Waals surface area contributed by atoms with Crippen LogP contribution in [0.15, 0.2) is 97.7 Å². The number of hydrogen-bond donors (Lipinski definition) is 1. The lowest BCUT2D eigenvalue weighted by molar-refractivity contribution is -0.615. The molecule has 230 valence electrons. The number of carbonyl (C=O) groups is 1. The van der Waals surface area contributed by atoms with Gasteiger partial charge in [-0.15, -0.1) is 5.10 Å². The van der Waals surface area contributed by atoms with Crippen molar-refractivity contribution in [1.82, 2.24) is 35.3 Å². The van der Waals surface area contributed by atoms with Crippen LogP contribution in [0.3, 0.4) is 0 Å². The predicted molar refractivity (Wildman–Crippen MR) is 165 cm³/mol. The smallest absolute Gasteiger partial charge is 0.220 e. The van der Waals surface area contributed by atoms with E-state index in [2.05, 4.69) is 25.9 Å². The van der Waals surface area contributed by atoms with E-state index in [9.17, 15) is 14.4 Å². The van der Waals surface area contributed by atoms with E-state index in [-0.39, 0.29) is 33.9 Å². The Kier molecular flexibility index (Phi) is 7.71. The molecule has 6 aromatic rings. The summed E-state index contributed by atoms with van der Waals surface area (Å²) < 4.78 is 32.8. The molecule has 7 rings (SSSR count). The molecular weight excluding hydrogens is 614 g/mol. The summed E-state index contributed by atoms with van der Waals surface area (Å²) in [4.78, 5) is 11.7. The molecule has 1 amide bonds. The van der Waals surface area contributed by atoms with E-state index in [0.717, 1.165) is 28.7 Å². The SMILES string of the molecule is O=C1CCC(c2ccc(-c3cnn(C(Cc4ccc(F)cc4)c4ccc(-c5c(-n6cnnn6)ccc(Cl)c5F)c[n+]4[O-])c3)cc2)N1. The van der Waals surface area contributed by atoms with Gasteiger partial charge in [-0.1, -0.05) is 48.0 Å². The molecule has 1 saturated heterocycles. The lowest BCUT2D eigenvalue weighted by atomic mass is 10.00. The summed E-state index contributed by atoms with van der Waals surface area (Å²) in [6.07, 6.45) is 7.77. The number of amides is 1. The fraction of sp³-hybridized carbons (Fsp3) is 0.152. The molecular formula is C33H25ClF2N8O2. The molecule has 1 N–H and O–H groups in total. The standard InChI is InChI=1S/C33H25ClF2N8O2/c34-26-10-13-29(43-19-37-40-41-43)32(33(26)36)23-7-12-28(44(46)18-23)30(15-20-1-8-25(35)9-2-20)42-17-24(16-38-42)21-3-5-22(6-4-21)27-11-14-31(45)39-27/h1-10,12-13,16-19,27,30H,11,14-15H2,(H,39,45). The van der Waals surface area contributed by atoms with Crippen LogP contribution in [0.2, 0.25) is 5.02 Å². The molecule has 13 heteroatoms. The maximum absolute atomic E-state index is 15.4. The van der Waals surface area contributed by atoms with Crippen LogP contribution in [-0.4, -0.2) is 35.9 Å². The zero-order valence-electron chi connectivity index (χ0n) is 24.1. The van der Waals surface area contributed by atoms with Crippen molar-refractivity contribution in [2.24, 2.45) is 0 Å². The molecule has 1 fully saturated rings. The van der Waals surface area contributed by atoms with Gasteiger partial charge in [-0.05, 0) is 63.9 Å². The third-order valence-electron chi connectivity index (χ3n) is 8.15. The van der Waals surface area contributed by atoms with Crippen LogP contribution in [0.25, 0.3) is 27.9 Å². The number of tetrazole rings is 1. The van der Waals surface area contributed by atoms with Gasteiger partial charge >= 0.3 is 0 Å². The molecule has 0 radical (unpaired) electrons. The number of hydrogen-bond acceptors (Lipinski definition) is 6. The molecule has 1 aliphatic heterocycles. The molecule has 2 unspecified atom stereocenters. The zero-order chi connectivity index (χ0) is 31.8. The normalized spacial score (nSPS) is 15.2. The minimum absolute atomic E-state index is 0.00387. The predicted octanol–water partition coefficient (Wildman–Crippen LogP) is 5.54. The minimum atomic E-state index is -0.719. The highest BCUT2D eigenvalue weighted by molar-refractivity contribution is 6.31. The second kappa shape index (κ2) is 12.1. The zero-order valence-corrected chi connectivity index (χ0v) is 24.9. The summed E-state index contributed by atoms with van der Waals surface area (Å²) in [7, 11) is 0. The molecule has 10 nitrogen and oxygen atoms in total. The second-order valence-electron chi connectivity index (χ2n) is 11.0. The van der Waals surface area contributed by atoms with Crippen LogP contribution in [0, 0.1) is 16.8 Å². The maximum Gasteiger partial charge on any atom is 0.220 e. The fourth-order valence-electron chi connectivity index (χ4n) is 5.78. The van der Waals surface area contributed by atoms with Crippen molar-refractivity contribution < 1.29 is 18.3 Å². The van der Waals surface area contributed by atoms with Gasteiger partial charge in [0.1, 0.15) is 18.2 Å². The Morgan fingerprint density at radius 2 is 1.78 bits per heavy atom. The fourth-order valence-corrected chi connectivity index (χ4v) is 5.94. The van der Waals surface area contributed by atoms with Crippen molar-refractivity contribution in [3.63, 3.8) is 0 Å². The highest BCUT2D eigenvalue weighted by Gasteiger charge is 2.27. The van der Waals surface area contributed by atoms with Crippen LogP contribution >= 0.6 is 11.6 Å². The number of rotatable bonds is 8. The summed E-state index contributed by atoms with van der Waals surface area (Å²) in [5.41, 5.74) is 4.53. The molecule has 0 bridgehead atoms. The van der Waals surface area contributed by atoms with Gasteiger partial charge in [0.15, 0.2) is 12.0 Å². The van der Waals surface area contributed by atoms with E-state index in [1.165, 1.54) is 35.4 Å². The van der Waals surface area contributed by atoms with Crippen molar-refractivity contribution >= 4 is 17.5 Å². The molecule has 2 atom stereocenters. The van der Waals surface area contributed by atoms with E-state index in [1.807, 2.05) is 30.5 Å². The minimum Gasteiger partial charge on any atom is -0.618 e. The average molecular weight is 639 g/mol. The number of carbonyl (C=O) groups excluding carboxylic acids is 1. The van der Waals surface area contributed by atoms with Crippen LogP contribution in [0.5, 0.6) is 0 Å². The highest BCUT2D eigenvalue weighted by Crippen LogP contribution is 2.34. The maximum atomic E-state index is 15.4. The number of aromatic nitrogens is 7. The summed E-state index contributed by atoms with van der Waals surface area (Å²) >= 11 is 6.12. The van der Waals surface area contributed by atoms with Gasteiger partial charge in [0.25, 0.3) is 0 Å². The third kappa shape index (κ3) is 5.70. The first-order valence-electron chi connectivity index (χ1n) is 14.5. The third-order valence-corrected chi connectivity index (χ3v) is 8.44. The van der Waals surface area contributed by atoms with E-state index in [1.54, 1.807) is 41.2 Å². The van der Waals surface area contributed by atoms with E-state index in [4.69, 9.17) is 11.6 Å². The van der Waals surface area contributed by atoms with Crippen molar-refractivity contribution in [2.45, 2.75) is 31.3 Å². The van der Waals surface area contributed by atoms with Crippen LogP contribution in [0.1, 0.15) is 41.7 Å². The first-order chi connectivity index (χ1) is 22.3. The highest BCUT2D eigenvalue weighted by atomic mass is 35.5. The van der Waals surface area contributed by atoms with Crippen LogP contribution in [-0.2, 0) is 11.2 Å². The Morgan fingerprint density at radius 3 is 2.48 bits per heavy atom. The molecule has 1 aliphatic rings. The lowest BCUT2D eigenvalue weighted by Crippen LogP contribution is -2.36. The van der Waals surface area contributed by atoms with Crippen LogP contribution < -0.4 is 10.0 Å². The van der Waals surface area contributed by atoms with Gasteiger partial charge in [0.2, 0.25) is 11.6 Å². The van der Waals surface area contributed by atoms with Gasteiger partial charge in [0, 0.05) is 30.7 Å². The largest absolute Gasteiger partial charge is 0.618 e. The van der Waals surface area contributed by atoms with Crippen LogP contribution in [0.4, 0.5) is 8.78 Å². The van der Waals surface area contributed by atoms with Gasteiger partial charge in [-0.25, -0.2) is 8.78 Å². The Hall–Kier alpha value is -5.49. The average Bonchev–Trinajstić information content (AvgIpc) is 3.86. The number of benzene rings is 3. The number of halogens is 3. The number of nitrogens with one attached hydrogen (secondary N) is 1. The Morgan fingerprint density at radius 1 is 1.00 bits per heavy atom. The number of nitrogens with zero attached hydrogens (tertiary/aromatic N) is 7. The monoisotopic (exact) mass is 638 g/mol. The lowest BCUT2D eigenvalue weighted by Gasteiger charge is -2.18. The first kappa shape index (κ1) is 29.2. The van der Waals surface area contributed by atoms with Crippen molar-refractivity contribution in [3.8, 4) is 27.9 Å². The Labute approximate surface area is 266 Å². The van der Waals surface area contributed by atoms with Gasteiger partial charge < -0.3 is 10.5 Å². The van der Waals surface area contributed by atoms with E-state index in [0.29, 0.717) is 29.0 Å². The summed E-state index contributed by atoms with van der Waals surface area (Å²) in [6, 6.07) is 19.6. The molecule has 0 spiro atoms.